The lowest BCUT2D eigenvalue weighted by molar-refractivity contribution is 0.0291. The predicted molar refractivity (Wildman–Crippen MR) is 83.0 cm³/mol. The van der Waals surface area contributed by atoms with Crippen LogP contribution in [0.3, 0.4) is 0 Å². The summed E-state index contributed by atoms with van der Waals surface area (Å²) in [5, 5.41) is 0. The van der Waals surface area contributed by atoms with Crippen LogP contribution in [0.2, 0.25) is 0 Å². The van der Waals surface area contributed by atoms with Crippen molar-refractivity contribution in [3.05, 3.63) is 0 Å². The Morgan fingerprint density at radius 3 is 2.25 bits per heavy atom. The zero-order chi connectivity index (χ0) is 15.2. The average molecular weight is 284 g/mol. The maximum absolute atomic E-state index is 11.8. The zero-order valence-corrected chi connectivity index (χ0v) is 13.9. The van der Waals surface area contributed by atoms with Gasteiger partial charge in [-0.05, 0) is 53.6 Å². The SMILES string of the molecule is CN(CCCN(C)C1CCCCC1)C(=O)OC(C)(C)C. The number of nitrogens with zero attached hydrogens (tertiary/aromatic N) is 2. The standard InChI is InChI=1S/C16H32N2O2/c1-16(2,3)20-15(19)18(5)13-9-12-17(4)14-10-7-6-8-11-14/h14H,6-13H2,1-5H3. The van der Waals surface area contributed by atoms with E-state index < -0.39 is 5.60 Å². The van der Waals surface area contributed by atoms with Crippen LogP contribution in [0.5, 0.6) is 0 Å². The summed E-state index contributed by atoms with van der Waals surface area (Å²) in [5.41, 5.74) is -0.412. The molecule has 1 amide bonds. The van der Waals surface area contributed by atoms with Gasteiger partial charge in [-0.3, -0.25) is 0 Å². The second-order valence-electron chi connectivity index (χ2n) is 7.03. The highest BCUT2D eigenvalue weighted by molar-refractivity contribution is 5.67. The highest BCUT2D eigenvalue weighted by atomic mass is 16.6. The number of amides is 1. The molecule has 0 aliphatic heterocycles. The largest absolute Gasteiger partial charge is 0.444 e. The van der Waals surface area contributed by atoms with Gasteiger partial charge >= 0.3 is 6.09 Å². The van der Waals surface area contributed by atoms with Crippen molar-refractivity contribution in [3.63, 3.8) is 0 Å². The van der Waals surface area contributed by atoms with Crippen LogP contribution in [0, 0.1) is 0 Å². The lowest BCUT2D eigenvalue weighted by Crippen LogP contribution is -2.38. The van der Waals surface area contributed by atoms with Crippen molar-refractivity contribution in [2.45, 2.75) is 70.9 Å². The summed E-state index contributed by atoms with van der Waals surface area (Å²) < 4.78 is 5.35. The van der Waals surface area contributed by atoms with E-state index in [2.05, 4.69) is 11.9 Å². The minimum atomic E-state index is -0.412. The maximum Gasteiger partial charge on any atom is 0.410 e. The van der Waals surface area contributed by atoms with E-state index in [1.165, 1.54) is 32.1 Å². The molecule has 1 aliphatic rings. The van der Waals surface area contributed by atoms with Crippen molar-refractivity contribution in [1.29, 1.82) is 0 Å². The third-order valence-corrected chi connectivity index (χ3v) is 3.91. The Morgan fingerprint density at radius 2 is 1.70 bits per heavy atom. The number of hydrogen-bond acceptors (Lipinski definition) is 3. The molecule has 0 atom stereocenters. The predicted octanol–water partition coefficient (Wildman–Crippen LogP) is 3.51. The normalized spacial score (nSPS) is 17.3. The topological polar surface area (TPSA) is 32.8 Å². The minimum Gasteiger partial charge on any atom is -0.444 e. The summed E-state index contributed by atoms with van der Waals surface area (Å²) in [6, 6.07) is 0.746. The van der Waals surface area contributed by atoms with Crippen LogP contribution in [0.25, 0.3) is 0 Å². The average Bonchev–Trinajstić information content (AvgIpc) is 2.37. The van der Waals surface area contributed by atoms with Crippen molar-refractivity contribution in [2.75, 3.05) is 27.2 Å². The van der Waals surface area contributed by atoms with E-state index >= 15 is 0 Å². The lowest BCUT2D eigenvalue weighted by Gasteiger charge is -2.31. The zero-order valence-electron chi connectivity index (χ0n) is 13.9. The minimum absolute atomic E-state index is 0.224. The molecule has 1 fully saturated rings. The summed E-state index contributed by atoms with van der Waals surface area (Å²) in [5.74, 6) is 0. The Hall–Kier alpha value is -0.770. The fraction of sp³-hybridized carbons (Fsp3) is 0.938. The molecule has 0 heterocycles. The van der Waals surface area contributed by atoms with E-state index in [4.69, 9.17) is 4.74 Å². The van der Waals surface area contributed by atoms with Crippen LogP contribution < -0.4 is 0 Å². The molecule has 0 spiro atoms. The fourth-order valence-corrected chi connectivity index (χ4v) is 2.69. The summed E-state index contributed by atoms with van der Waals surface area (Å²) in [7, 11) is 4.03. The second-order valence-corrected chi connectivity index (χ2v) is 7.03. The van der Waals surface area contributed by atoms with Gasteiger partial charge in [0.15, 0.2) is 0 Å². The summed E-state index contributed by atoms with van der Waals surface area (Å²) >= 11 is 0. The van der Waals surface area contributed by atoms with E-state index in [1.54, 1.807) is 4.90 Å². The number of carbonyl (C=O) groups is 1. The van der Waals surface area contributed by atoms with Gasteiger partial charge in [0.25, 0.3) is 0 Å². The van der Waals surface area contributed by atoms with Crippen molar-refractivity contribution >= 4 is 6.09 Å². The molecule has 4 heteroatoms. The van der Waals surface area contributed by atoms with Gasteiger partial charge in [0, 0.05) is 19.6 Å². The molecule has 20 heavy (non-hydrogen) atoms. The maximum atomic E-state index is 11.8. The summed E-state index contributed by atoms with van der Waals surface area (Å²) in [6.07, 6.45) is 7.57. The quantitative estimate of drug-likeness (QED) is 0.774. The molecular weight excluding hydrogens is 252 g/mol. The lowest BCUT2D eigenvalue weighted by atomic mass is 9.94. The van der Waals surface area contributed by atoms with E-state index in [0.29, 0.717) is 0 Å². The van der Waals surface area contributed by atoms with E-state index in [0.717, 1.165) is 25.6 Å². The molecule has 1 rings (SSSR count). The Labute approximate surface area is 124 Å². The molecule has 4 nitrogen and oxygen atoms in total. The molecule has 1 saturated carbocycles. The van der Waals surface area contributed by atoms with Gasteiger partial charge in [-0.25, -0.2) is 4.79 Å². The van der Waals surface area contributed by atoms with Gasteiger partial charge in [0.2, 0.25) is 0 Å². The summed E-state index contributed by atoms with van der Waals surface area (Å²) in [4.78, 5) is 16.0. The van der Waals surface area contributed by atoms with Crippen molar-refractivity contribution in [1.82, 2.24) is 9.80 Å². The van der Waals surface area contributed by atoms with Gasteiger partial charge in [0.05, 0.1) is 0 Å². The van der Waals surface area contributed by atoms with Crippen molar-refractivity contribution < 1.29 is 9.53 Å². The second kappa shape index (κ2) is 7.87. The highest BCUT2D eigenvalue weighted by Crippen LogP contribution is 2.21. The van der Waals surface area contributed by atoms with Gasteiger partial charge in [-0.15, -0.1) is 0 Å². The summed E-state index contributed by atoms with van der Waals surface area (Å²) in [6.45, 7) is 7.50. The third kappa shape index (κ3) is 6.60. The fourth-order valence-electron chi connectivity index (χ4n) is 2.69. The first-order chi connectivity index (χ1) is 9.29. The number of rotatable bonds is 5. The molecule has 0 saturated heterocycles. The molecule has 0 aromatic rings. The molecule has 1 aliphatic carbocycles. The Morgan fingerprint density at radius 1 is 1.10 bits per heavy atom. The van der Waals surface area contributed by atoms with Gasteiger partial charge in [-0.2, -0.15) is 0 Å². The van der Waals surface area contributed by atoms with Gasteiger partial charge < -0.3 is 14.5 Å². The third-order valence-electron chi connectivity index (χ3n) is 3.91. The van der Waals surface area contributed by atoms with Crippen molar-refractivity contribution in [3.8, 4) is 0 Å². The molecule has 0 N–H and O–H groups in total. The Bertz CT molecular complexity index is 293. The molecule has 0 unspecified atom stereocenters. The Kier molecular flexibility index (Phi) is 6.80. The van der Waals surface area contributed by atoms with Crippen LogP contribution in [-0.2, 0) is 4.74 Å². The molecule has 0 bridgehead atoms. The first-order valence-corrected chi connectivity index (χ1v) is 7.94. The first-order valence-electron chi connectivity index (χ1n) is 7.94. The molecule has 0 radical (unpaired) electrons. The van der Waals surface area contributed by atoms with E-state index in [1.807, 2.05) is 27.8 Å². The first kappa shape index (κ1) is 17.3. The van der Waals surface area contributed by atoms with Crippen molar-refractivity contribution in [2.24, 2.45) is 0 Å². The van der Waals surface area contributed by atoms with Crippen LogP contribution in [-0.4, -0.2) is 54.7 Å². The van der Waals surface area contributed by atoms with E-state index in [9.17, 15) is 4.79 Å². The van der Waals surface area contributed by atoms with Gasteiger partial charge in [0.1, 0.15) is 5.60 Å². The highest BCUT2D eigenvalue weighted by Gasteiger charge is 2.20. The molecule has 118 valence electrons. The molecule has 0 aromatic heterocycles. The molecule has 0 aromatic carbocycles. The smallest absolute Gasteiger partial charge is 0.410 e. The Balaban J connectivity index is 2.20. The van der Waals surface area contributed by atoms with Crippen LogP contribution in [0.15, 0.2) is 0 Å². The number of hydrogen-bond donors (Lipinski definition) is 0. The number of ether oxygens (including phenoxy) is 1. The van der Waals surface area contributed by atoms with Crippen LogP contribution >= 0.6 is 0 Å². The van der Waals surface area contributed by atoms with E-state index in [-0.39, 0.29) is 6.09 Å². The van der Waals surface area contributed by atoms with Crippen LogP contribution in [0.1, 0.15) is 59.3 Å². The molecular formula is C16H32N2O2. The monoisotopic (exact) mass is 284 g/mol. The number of carbonyl (C=O) groups excluding carboxylic acids is 1. The van der Waals surface area contributed by atoms with Crippen LogP contribution in [0.4, 0.5) is 4.79 Å². The van der Waals surface area contributed by atoms with Gasteiger partial charge in [-0.1, -0.05) is 19.3 Å².